The summed E-state index contributed by atoms with van der Waals surface area (Å²) in [5, 5.41) is 20.5. The molecule has 2 atom stereocenters. The van der Waals surface area contributed by atoms with Gasteiger partial charge in [0.05, 0.1) is 12.1 Å². The molecule has 0 bridgehead atoms. The van der Waals surface area contributed by atoms with Crippen LogP contribution in [0.25, 0.3) is 0 Å². The average molecular weight is 421 g/mol. The molecular weight excluding hydrogens is 384 g/mol. The molecule has 166 valence electrons. The Bertz CT molecular complexity index is 855. The minimum absolute atomic E-state index is 0.102. The van der Waals surface area contributed by atoms with Gasteiger partial charge in [0.2, 0.25) is 0 Å². The molecule has 1 saturated carbocycles. The Morgan fingerprint density at radius 3 is 1.58 bits per heavy atom. The van der Waals surface area contributed by atoms with Crippen molar-refractivity contribution in [3.05, 3.63) is 58.7 Å². The van der Waals surface area contributed by atoms with Crippen LogP contribution in [0.4, 0.5) is 0 Å². The van der Waals surface area contributed by atoms with E-state index in [4.69, 9.17) is 9.98 Å². The predicted octanol–water partition coefficient (Wildman–Crippen LogP) is 5.95. The Hall–Kier alpha value is -2.62. The van der Waals surface area contributed by atoms with E-state index in [0.717, 1.165) is 43.2 Å². The number of aromatic hydroxyl groups is 2. The van der Waals surface area contributed by atoms with Crippen molar-refractivity contribution in [2.45, 2.75) is 71.9 Å². The fourth-order valence-electron chi connectivity index (χ4n) is 4.23. The van der Waals surface area contributed by atoms with Gasteiger partial charge >= 0.3 is 0 Å². The molecule has 0 spiro atoms. The summed E-state index contributed by atoms with van der Waals surface area (Å²) in [6.45, 7) is 8.77. The van der Waals surface area contributed by atoms with E-state index >= 15 is 0 Å². The molecule has 31 heavy (non-hydrogen) atoms. The Balaban J connectivity index is 1.72. The van der Waals surface area contributed by atoms with E-state index in [1.54, 1.807) is 24.6 Å². The van der Waals surface area contributed by atoms with Crippen molar-refractivity contribution >= 4 is 12.4 Å². The topological polar surface area (TPSA) is 65.2 Å². The van der Waals surface area contributed by atoms with Crippen molar-refractivity contribution in [2.75, 3.05) is 0 Å². The van der Waals surface area contributed by atoms with Gasteiger partial charge in [0.15, 0.2) is 0 Å². The van der Waals surface area contributed by atoms with E-state index in [2.05, 4.69) is 27.7 Å². The van der Waals surface area contributed by atoms with Gasteiger partial charge in [-0.05, 0) is 79.3 Å². The fraction of sp³-hybridized carbons (Fsp3) is 0.481. The van der Waals surface area contributed by atoms with Gasteiger partial charge in [0.1, 0.15) is 11.5 Å². The van der Waals surface area contributed by atoms with E-state index in [1.165, 1.54) is 11.1 Å². The lowest BCUT2D eigenvalue weighted by molar-refractivity contribution is 0.473. The molecule has 0 amide bonds. The van der Waals surface area contributed by atoms with E-state index < -0.39 is 0 Å². The zero-order chi connectivity index (χ0) is 22.4. The minimum atomic E-state index is 0.102. The first-order chi connectivity index (χ1) is 14.8. The van der Waals surface area contributed by atoms with Crippen LogP contribution in [0.3, 0.4) is 0 Å². The van der Waals surface area contributed by atoms with Gasteiger partial charge in [-0.3, -0.25) is 9.98 Å². The second kappa shape index (κ2) is 10.6. The SMILES string of the molecule is CC(C)Cc1ccc(O)c(C=NC2CCCC2N=Cc2cc(CC(C)C)ccc2O)c1. The highest BCUT2D eigenvalue weighted by atomic mass is 16.3. The third kappa shape index (κ3) is 6.68. The van der Waals surface area contributed by atoms with Crippen molar-refractivity contribution in [3.8, 4) is 11.5 Å². The highest BCUT2D eigenvalue weighted by molar-refractivity contribution is 5.84. The Kier molecular flexibility index (Phi) is 7.89. The second-order valence-electron chi connectivity index (χ2n) is 9.60. The Morgan fingerprint density at radius 2 is 1.19 bits per heavy atom. The smallest absolute Gasteiger partial charge is 0.124 e. The molecule has 2 aromatic carbocycles. The predicted molar refractivity (Wildman–Crippen MR) is 130 cm³/mol. The summed E-state index contributed by atoms with van der Waals surface area (Å²) in [6, 6.07) is 11.8. The maximum Gasteiger partial charge on any atom is 0.124 e. The van der Waals surface area contributed by atoms with Crippen molar-refractivity contribution in [1.29, 1.82) is 0 Å². The summed E-state index contributed by atoms with van der Waals surface area (Å²) < 4.78 is 0. The highest BCUT2D eigenvalue weighted by Gasteiger charge is 2.25. The van der Waals surface area contributed by atoms with Gasteiger partial charge in [-0.1, -0.05) is 39.8 Å². The average Bonchev–Trinajstić information content (AvgIpc) is 3.15. The van der Waals surface area contributed by atoms with Crippen LogP contribution in [0.2, 0.25) is 0 Å². The van der Waals surface area contributed by atoms with Crippen LogP contribution in [0.1, 0.15) is 69.2 Å². The first-order valence-electron chi connectivity index (χ1n) is 11.5. The minimum Gasteiger partial charge on any atom is -0.507 e. The molecule has 4 heteroatoms. The first-order valence-corrected chi connectivity index (χ1v) is 11.5. The van der Waals surface area contributed by atoms with Crippen LogP contribution >= 0.6 is 0 Å². The molecule has 3 rings (SSSR count). The summed E-state index contributed by atoms with van der Waals surface area (Å²) in [5.74, 6) is 1.67. The van der Waals surface area contributed by atoms with Crippen molar-refractivity contribution in [2.24, 2.45) is 21.8 Å². The largest absolute Gasteiger partial charge is 0.507 e. The van der Waals surface area contributed by atoms with Crippen molar-refractivity contribution in [1.82, 2.24) is 0 Å². The quantitative estimate of drug-likeness (QED) is 0.518. The van der Waals surface area contributed by atoms with Gasteiger partial charge in [0, 0.05) is 23.6 Å². The summed E-state index contributed by atoms with van der Waals surface area (Å²) in [6.07, 6.45) is 8.64. The summed E-state index contributed by atoms with van der Waals surface area (Å²) in [7, 11) is 0. The fourth-order valence-corrected chi connectivity index (χ4v) is 4.23. The van der Waals surface area contributed by atoms with E-state index in [0.29, 0.717) is 11.8 Å². The van der Waals surface area contributed by atoms with Crippen molar-refractivity contribution < 1.29 is 10.2 Å². The zero-order valence-electron chi connectivity index (χ0n) is 19.3. The van der Waals surface area contributed by atoms with E-state index in [1.807, 2.05) is 24.3 Å². The molecule has 0 radical (unpaired) electrons. The number of aliphatic imine (C=N–C) groups is 2. The molecule has 1 fully saturated rings. The Morgan fingerprint density at radius 1 is 0.774 bits per heavy atom. The van der Waals surface area contributed by atoms with Crippen LogP contribution in [-0.4, -0.2) is 34.7 Å². The van der Waals surface area contributed by atoms with Gasteiger partial charge in [0.25, 0.3) is 0 Å². The van der Waals surface area contributed by atoms with Crippen LogP contribution < -0.4 is 0 Å². The molecular formula is C27H36N2O2. The van der Waals surface area contributed by atoms with Gasteiger partial charge in [-0.15, -0.1) is 0 Å². The third-order valence-electron chi connectivity index (χ3n) is 5.73. The van der Waals surface area contributed by atoms with Crippen molar-refractivity contribution in [3.63, 3.8) is 0 Å². The zero-order valence-corrected chi connectivity index (χ0v) is 19.3. The van der Waals surface area contributed by atoms with Gasteiger partial charge in [-0.25, -0.2) is 0 Å². The molecule has 2 N–H and O–H groups in total. The molecule has 0 aliphatic heterocycles. The molecule has 2 unspecified atom stereocenters. The molecule has 0 saturated heterocycles. The summed E-state index contributed by atoms with van der Waals surface area (Å²) >= 11 is 0. The molecule has 0 heterocycles. The van der Waals surface area contributed by atoms with E-state index in [-0.39, 0.29) is 23.6 Å². The Labute approximate surface area is 186 Å². The number of hydrogen-bond acceptors (Lipinski definition) is 4. The standard InChI is InChI=1S/C27H36N2O2/c1-18(2)12-20-8-10-26(30)22(14-20)16-28-24-6-5-7-25(24)29-17-23-15-21(13-19(3)4)9-11-27(23)31/h8-11,14-19,24-25,30-31H,5-7,12-13H2,1-4H3. The van der Waals surface area contributed by atoms with Gasteiger partial charge in [-0.2, -0.15) is 0 Å². The number of hydrogen-bond donors (Lipinski definition) is 2. The highest BCUT2D eigenvalue weighted by Crippen LogP contribution is 2.27. The molecule has 1 aliphatic carbocycles. The molecule has 1 aliphatic rings. The summed E-state index contributed by atoms with van der Waals surface area (Å²) in [5.41, 5.74) is 3.97. The number of phenols is 2. The number of nitrogens with zero attached hydrogens (tertiary/aromatic N) is 2. The normalized spacial score (nSPS) is 19.4. The summed E-state index contributed by atoms with van der Waals surface area (Å²) in [4.78, 5) is 9.57. The lowest BCUT2D eigenvalue weighted by atomic mass is 10.0. The molecule has 0 aromatic heterocycles. The van der Waals surface area contributed by atoms with Crippen LogP contribution in [0.5, 0.6) is 11.5 Å². The maximum atomic E-state index is 10.2. The lowest BCUT2D eigenvalue weighted by Crippen LogP contribution is -2.16. The van der Waals surface area contributed by atoms with Gasteiger partial charge < -0.3 is 10.2 Å². The van der Waals surface area contributed by atoms with Crippen LogP contribution in [-0.2, 0) is 12.8 Å². The lowest BCUT2D eigenvalue weighted by Gasteiger charge is -2.12. The number of benzene rings is 2. The van der Waals surface area contributed by atoms with Crippen LogP contribution in [0.15, 0.2) is 46.4 Å². The molecule has 4 nitrogen and oxygen atoms in total. The maximum absolute atomic E-state index is 10.2. The number of phenolic OH excluding ortho intramolecular Hbond substituents is 2. The number of rotatable bonds is 8. The third-order valence-corrected chi connectivity index (χ3v) is 5.73. The first kappa shape index (κ1) is 23.1. The monoisotopic (exact) mass is 420 g/mol. The molecule has 2 aromatic rings. The van der Waals surface area contributed by atoms with E-state index in [9.17, 15) is 10.2 Å². The van der Waals surface area contributed by atoms with Crippen LogP contribution in [0, 0.1) is 11.8 Å². The second-order valence-corrected chi connectivity index (χ2v) is 9.60.